The van der Waals surface area contributed by atoms with Gasteiger partial charge in [-0.05, 0) is 43.1 Å². The monoisotopic (exact) mass is 368 g/mol. The van der Waals surface area contributed by atoms with Crippen molar-refractivity contribution in [1.82, 2.24) is 25.3 Å². The number of piperidine rings is 1. The van der Waals surface area contributed by atoms with Gasteiger partial charge in [-0.25, -0.2) is 0 Å². The number of hydrogen-bond donors (Lipinski definition) is 2. The number of aromatic nitrogens is 2. The molecule has 0 spiro atoms. The van der Waals surface area contributed by atoms with Gasteiger partial charge < -0.3 is 10.6 Å². The van der Waals surface area contributed by atoms with Crippen LogP contribution in [0.3, 0.4) is 0 Å². The van der Waals surface area contributed by atoms with Gasteiger partial charge in [0.05, 0.1) is 6.54 Å². The molecule has 6 nitrogen and oxygen atoms in total. The molecule has 2 heterocycles. The summed E-state index contributed by atoms with van der Waals surface area (Å²) in [6.07, 6.45) is 7.73. The maximum atomic E-state index is 4.40. The second-order valence-electron chi connectivity index (χ2n) is 7.06. The number of rotatable bonds is 7. The second-order valence-corrected chi connectivity index (χ2v) is 7.06. The standard InChI is InChI=1S/C21H32N6/c1-3-26-13-7-6-11-20(26)16-24-21(22-2)23-15-18-9-4-5-10-19(18)17-27-14-8-12-25-27/h4-5,8-10,12,14,20H,3,6-7,11,13,15-17H2,1-2H3,(H2,22,23,24). The Kier molecular flexibility index (Phi) is 7.27. The molecule has 27 heavy (non-hydrogen) atoms. The fraction of sp³-hybridized carbons (Fsp3) is 0.524. The third-order valence-electron chi connectivity index (χ3n) is 5.34. The molecule has 0 aliphatic carbocycles. The van der Waals surface area contributed by atoms with E-state index < -0.39 is 0 Å². The molecule has 1 unspecified atom stereocenters. The van der Waals surface area contributed by atoms with Gasteiger partial charge in [0.25, 0.3) is 0 Å². The van der Waals surface area contributed by atoms with Gasteiger partial charge in [-0.1, -0.05) is 37.6 Å². The lowest BCUT2D eigenvalue weighted by molar-refractivity contribution is 0.157. The van der Waals surface area contributed by atoms with E-state index in [0.717, 1.165) is 32.1 Å². The average Bonchev–Trinajstić information content (AvgIpc) is 3.22. The number of likely N-dealkylation sites (N-methyl/N-ethyl adjacent to an activating group) is 1. The first-order valence-electron chi connectivity index (χ1n) is 10.0. The predicted molar refractivity (Wildman–Crippen MR) is 111 cm³/mol. The van der Waals surface area contributed by atoms with Crippen LogP contribution in [0.2, 0.25) is 0 Å². The first-order chi connectivity index (χ1) is 13.3. The summed E-state index contributed by atoms with van der Waals surface area (Å²) >= 11 is 0. The lowest BCUT2D eigenvalue weighted by Crippen LogP contribution is -2.48. The minimum atomic E-state index is 0.606. The Morgan fingerprint density at radius 3 is 2.78 bits per heavy atom. The van der Waals surface area contributed by atoms with Crippen LogP contribution in [0.1, 0.15) is 37.3 Å². The molecule has 2 aromatic rings. The average molecular weight is 369 g/mol. The lowest BCUT2D eigenvalue weighted by Gasteiger charge is -2.35. The quantitative estimate of drug-likeness (QED) is 0.582. The van der Waals surface area contributed by atoms with E-state index >= 15 is 0 Å². The number of likely N-dealkylation sites (tertiary alicyclic amines) is 1. The van der Waals surface area contributed by atoms with Gasteiger partial charge in [0.1, 0.15) is 0 Å². The topological polar surface area (TPSA) is 57.5 Å². The summed E-state index contributed by atoms with van der Waals surface area (Å²) in [5.74, 6) is 0.866. The molecule has 1 saturated heterocycles. The minimum absolute atomic E-state index is 0.606. The summed E-state index contributed by atoms with van der Waals surface area (Å²) in [5, 5.41) is 11.3. The molecule has 2 N–H and O–H groups in total. The van der Waals surface area contributed by atoms with E-state index in [2.05, 4.69) is 56.8 Å². The van der Waals surface area contributed by atoms with Crippen molar-refractivity contribution in [3.63, 3.8) is 0 Å². The van der Waals surface area contributed by atoms with Crippen LogP contribution in [0, 0.1) is 0 Å². The van der Waals surface area contributed by atoms with Crippen molar-refractivity contribution in [3.05, 3.63) is 53.9 Å². The van der Waals surface area contributed by atoms with E-state index in [1.807, 2.05) is 30.2 Å². The van der Waals surface area contributed by atoms with Crippen molar-refractivity contribution in [3.8, 4) is 0 Å². The van der Waals surface area contributed by atoms with Crippen molar-refractivity contribution in [1.29, 1.82) is 0 Å². The zero-order chi connectivity index (χ0) is 18.9. The molecule has 0 amide bonds. The molecule has 3 rings (SSSR count). The van der Waals surface area contributed by atoms with Gasteiger partial charge in [0, 0.05) is 38.6 Å². The first kappa shape index (κ1) is 19.4. The minimum Gasteiger partial charge on any atom is -0.355 e. The summed E-state index contributed by atoms with van der Waals surface area (Å²) in [7, 11) is 1.84. The molecule has 1 aromatic heterocycles. The number of hydrogen-bond acceptors (Lipinski definition) is 3. The lowest BCUT2D eigenvalue weighted by atomic mass is 10.0. The van der Waals surface area contributed by atoms with E-state index in [9.17, 15) is 0 Å². The molecule has 146 valence electrons. The maximum Gasteiger partial charge on any atom is 0.191 e. The number of guanidine groups is 1. The largest absolute Gasteiger partial charge is 0.355 e. The van der Waals surface area contributed by atoms with E-state index in [0.29, 0.717) is 6.04 Å². The molecule has 1 aliphatic heterocycles. The number of aliphatic imine (C=N–C) groups is 1. The van der Waals surface area contributed by atoms with Crippen molar-refractivity contribution in [2.75, 3.05) is 26.7 Å². The molecular weight excluding hydrogens is 336 g/mol. The molecular formula is C21H32N6. The van der Waals surface area contributed by atoms with Crippen LogP contribution in [-0.4, -0.2) is 53.4 Å². The SMILES string of the molecule is CCN1CCCCC1CNC(=NC)NCc1ccccc1Cn1cccn1. The summed E-state index contributed by atoms with van der Waals surface area (Å²) in [5.41, 5.74) is 2.54. The van der Waals surface area contributed by atoms with Crippen LogP contribution in [-0.2, 0) is 13.1 Å². The highest BCUT2D eigenvalue weighted by atomic mass is 15.3. The molecule has 1 fully saturated rings. The van der Waals surface area contributed by atoms with Crippen LogP contribution in [0.25, 0.3) is 0 Å². The predicted octanol–water partition coefficient (Wildman–Crippen LogP) is 2.47. The molecule has 1 atom stereocenters. The van der Waals surface area contributed by atoms with Gasteiger partial charge >= 0.3 is 0 Å². The van der Waals surface area contributed by atoms with Gasteiger partial charge in [-0.2, -0.15) is 5.10 Å². The zero-order valence-corrected chi connectivity index (χ0v) is 16.6. The van der Waals surface area contributed by atoms with Crippen molar-refractivity contribution in [2.24, 2.45) is 4.99 Å². The Balaban J connectivity index is 1.54. The normalized spacial score (nSPS) is 18.4. The highest BCUT2D eigenvalue weighted by Crippen LogP contribution is 2.15. The van der Waals surface area contributed by atoms with Crippen LogP contribution in [0.15, 0.2) is 47.7 Å². The fourth-order valence-corrected chi connectivity index (χ4v) is 3.77. The molecule has 0 saturated carbocycles. The highest BCUT2D eigenvalue weighted by Gasteiger charge is 2.20. The van der Waals surface area contributed by atoms with Crippen LogP contribution in [0.5, 0.6) is 0 Å². The third-order valence-corrected chi connectivity index (χ3v) is 5.34. The van der Waals surface area contributed by atoms with E-state index in [-0.39, 0.29) is 0 Å². The summed E-state index contributed by atoms with van der Waals surface area (Å²) in [6.45, 7) is 7.07. The van der Waals surface area contributed by atoms with Gasteiger partial charge in [-0.3, -0.25) is 14.6 Å². The van der Waals surface area contributed by atoms with E-state index in [1.165, 1.54) is 36.9 Å². The first-order valence-corrected chi connectivity index (χ1v) is 10.0. The van der Waals surface area contributed by atoms with Crippen LogP contribution >= 0.6 is 0 Å². The van der Waals surface area contributed by atoms with Crippen molar-refractivity contribution in [2.45, 2.75) is 45.3 Å². The van der Waals surface area contributed by atoms with Gasteiger partial charge in [0.2, 0.25) is 0 Å². The molecule has 1 aromatic carbocycles. The summed E-state index contributed by atoms with van der Waals surface area (Å²) in [6, 6.07) is 11.1. The highest BCUT2D eigenvalue weighted by molar-refractivity contribution is 5.79. The summed E-state index contributed by atoms with van der Waals surface area (Å²) < 4.78 is 1.95. The number of nitrogens with zero attached hydrogens (tertiary/aromatic N) is 4. The third kappa shape index (κ3) is 5.57. The van der Waals surface area contributed by atoms with Gasteiger partial charge in [-0.15, -0.1) is 0 Å². The molecule has 0 radical (unpaired) electrons. The fourth-order valence-electron chi connectivity index (χ4n) is 3.77. The molecule has 1 aliphatic rings. The Hall–Kier alpha value is -2.34. The molecule has 6 heteroatoms. The van der Waals surface area contributed by atoms with Crippen LogP contribution < -0.4 is 10.6 Å². The zero-order valence-electron chi connectivity index (χ0n) is 16.6. The van der Waals surface area contributed by atoms with Gasteiger partial charge in [0.15, 0.2) is 5.96 Å². The number of nitrogens with one attached hydrogen (secondary N) is 2. The van der Waals surface area contributed by atoms with Crippen molar-refractivity contribution >= 4 is 5.96 Å². The Labute approximate surface area is 162 Å². The summed E-state index contributed by atoms with van der Waals surface area (Å²) in [4.78, 5) is 6.97. The Bertz CT molecular complexity index is 709. The second kappa shape index (κ2) is 10.1. The van der Waals surface area contributed by atoms with Crippen molar-refractivity contribution < 1.29 is 0 Å². The molecule has 0 bridgehead atoms. The Morgan fingerprint density at radius 2 is 2.04 bits per heavy atom. The number of benzene rings is 1. The van der Waals surface area contributed by atoms with Crippen LogP contribution in [0.4, 0.5) is 0 Å². The van der Waals surface area contributed by atoms with E-state index in [1.54, 1.807) is 0 Å². The maximum absolute atomic E-state index is 4.40. The van der Waals surface area contributed by atoms with E-state index in [4.69, 9.17) is 0 Å². The smallest absolute Gasteiger partial charge is 0.191 e. The Morgan fingerprint density at radius 1 is 1.19 bits per heavy atom.